The third kappa shape index (κ3) is 8.12. The summed E-state index contributed by atoms with van der Waals surface area (Å²) < 4.78 is 0. The second-order valence-corrected chi connectivity index (χ2v) is 11.2. The Kier molecular flexibility index (Phi) is 10.4. The fraction of sp³-hybridized carbons (Fsp3) is 0.448. The largest absolute Gasteiger partial charge is 0.350 e. The summed E-state index contributed by atoms with van der Waals surface area (Å²) in [5, 5.41) is 4.51. The molecular formula is C29H38Cl2N2O2. The van der Waals surface area contributed by atoms with Crippen LogP contribution in [0, 0.1) is 5.41 Å². The maximum atomic E-state index is 13.6. The number of carbonyl (C=O) groups is 2. The van der Waals surface area contributed by atoms with Crippen molar-refractivity contribution in [1.29, 1.82) is 0 Å². The SMILES string of the molecule is C=CCC1(C)CCC(c2ccc(Cl)cc2)N(C(CC)C(=O)NC(C)(C)C)C1=O.Clc1ccccc1. The molecular weight excluding hydrogens is 479 g/mol. The lowest BCUT2D eigenvalue weighted by atomic mass is 9.74. The molecule has 0 bridgehead atoms. The molecule has 2 aromatic rings. The molecule has 4 nitrogen and oxygen atoms in total. The van der Waals surface area contributed by atoms with E-state index in [-0.39, 0.29) is 23.4 Å². The molecule has 1 aliphatic heterocycles. The molecule has 1 N–H and O–H groups in total. The number of benzene rings is 2. The van der Waals surface area contributed by atoms with Gasteiger partial charge in [-0.25, -0.2) is 0 Å². The standard InChI is InChI=1S/C23H33ClN2O2.C6H5Cl/c1-7-14-23(6)15-13-19(16-9-11-17(24)12-10-16)26(21(23)28)18(8-2)20(27)25-22(3,4)5;7-6-4-2-1-3-5-6/h7,9-12,18-19H,1,8,13-15H2,2-6H3,(H,25,27);1-5H. The van der Waals surface area contributed by atoms with Gasteiger partial charge in [0.15, 0.2) is 0 Å². The number of hydrogen-bond donors (Lipinski definition) is 1. The molecule has 190 valence electrons. The molecule has 1 saturated heterocycles. The second-order valence-electron chi connectivity index (χ2n) is 10.3. The molecule has 35 heavy (non-hydrogen) atoms. The molecule has 0 aromatic heterocycles. The molecule has 6 heteroatoms. The van der Waals surface area contributed by atoms with E-state index in [2.05, 4.69) is 11.9 Å². The van der Waals surface area contributed by atoms with Gasteiger partial charge in [-0.05, 0) is 76.3 Å². The van der Waals surface area contributed by atoms with Gasteiger partial charge in [-0.15, -0.1) is 6.58 Å². The molecule has 0 aliphatic carbocycles. The van der Waals surface area contributed by atoms with Crippen LogP contribution in [0.1, 0.15) is 71.9 Å². The third-order valence-corrected chi connectivity index (χ3v) is 6.67. The van der Waals surface area contributed by atoms with E-state index in [9.17, 15) is 9.59 Å². The van der Waals surface area contributed by atoms with Crippen molar-refractivity contribution >= 4 is 35.0 Å². The topological polar surface area (TPSA) is 49.4 Å². The summed E-state index contributed by atoms with van der Waals surface area (Å²) in [6.07, 6.45) is 4.53. The Hall–Kier alpha value is -2.30. The number of nitrogens with one attached hydrogen (secondary N) is 1. The van der Waals surface area contributed by atoms with Crippen LogP contribution < -0.4 is 5.32 Å². The Balaban J connectivity index is 0.000000527. The molecule has 1 fully saturated rings. The zero-order valence-electron chi connectivity index (χ0n) is 21.5. The van der Waals surface area contributed by atoms with Crippen LogP contribution in [-0.4, -0.2) is 28.3 Å². The maximum Gasteiger partial charge on any atom is 0.243 e. The quantitative estimate of drug-likeness (QED) is 0.401. The number of carbonyl (C=O) groups excluding carboxylic acids is 2. The highest BCUT2D eigenvalue weighted by Crippen LogP contribution is 2.44. The van der Waals surface area contributed by atoms with Crippen molar-refractivity contribution in [3.05, 3.63) is 82.9 Å². The van der Waals surface area contributed by atoms with E-state index in [1.165, 1.54) is 0 Å². The monoisotopic (exact) mass is 516 g/mol. The van der Waals surface area contributed by atoms with Crippen LogP contribution in [0.5, 0.6) is 0 Å². The zero-order valence-corrected chi connectivity index (χ0v) is 23.0. The van der Waals surface area contributed by atoms with Gasteiger partial charge in [0.1, 0.15) is 6.04 Å². The highest BCUT2D eigenvalue weighted by molar-refractivity contribution is 6.30. The summed E-state index contributed by atoms with van der Waals surface area (Å²) in [6, 6.07) is 16.4. The molecule has 0 spiro atoms. The lowest BCUT2D eigenvalue weighted by molar-refractivity contribution is -0.157. The minimum Gasteiger partial charge on any atom is -0.350 e. The Morgan fingerprint density at radius 3 is 2.17 bits per heavy atom. The van der Waals surface area contributed by atoms with E-state index in [1.54, 1.807) is 6.08 Å². The van der Waals surface area contributed by atoms with E-state index >= 15 is 0 Å². The van der Waals surface area contributed by atoms with E-state index in [1.807, 2.05) is 94.1 Å². The van der Waals surface area contributed by atoms with Crippen LogP contribution in [0.15, 0.2) is 67.3 Å². The highest BCUT2D eigenvalue weighted by Gasteiger charge is 2.47. The van der Waals surface area contributed by atoms with Crippen molar-refractivity contribution < 1.29 is 9.59 Å². The summed E-state index contributed by atoms with van der Waals surface area (Å²) in [4.78, 5) is 28.5. The molecule has 0 saturated carbocycles. The van der Waals surface area contributed by atoms with Crippen LogP contribution in [-0.2, 0) is 9.59 Å². The van der Waals surface area contributed by atoms with Crippen molar-refractivity contribution in [3.8, 4) is 0 Å². The van der Waals surface area contributed by atoms with Crippen LogP contribution in [0.25, 0.3) is 0 Å². The fourth-order valence-electron chi connectivity index (χ4n) is 4.41. The Morgan fingerprint density at radius 1 is 1.14 bits per heavy atom. The van der Waals surface area contributed by atoms with Crippen LogP contribution in [0.3, 0.4) is 0 Å². The lowest BCUT2D eigenvalue weighted by Gasteiger charge is -2.47. The predicted molar refractivity (Wildman–Crippen MR) is 147 cm³/mol. The number of nitrogens with zero attached hydrogens (tertiary/aromatic N) is 1. The maximum absolute atomic E-state index is 13.6. The predicted octanol–water partition coefficient (Wildman–Crippen LogP) is 7.62. The molecule has 0 radical (unpaired) electrons. The van der Waals surface area contributed by atoms with Crippen molar-refractivity contribution in [2.45, 2.75) is 77.9 Å². The van der Waals surface area contributed by atoms with Crippen LogP contribution >= 0.6 is 23.2 Å². The molecule has 2 amide bonds. The van der Waals surface area contributed by atoms with Gasteiger partial charge >= 0.3 is 0 Å². The van der Waals surface area contributed by atoms with Gasteiger partial charge in [-0.2, -0.15) is 0 Å². The van der Waals surface area contributed by atoms with E-state index in [0.29, 0.717) is 17.9 Å². The lowest BCUT2D eigenvalue weighted by Crippen LogP contribution is -2.59. The van der Waals surface area contributed by atoms with Crippen molar-refractivity contribution in [1.82, 2.24) is 10.2 Å². The van der Waals surface area contributed by atoms with Crippen molar-refractivity contribution in [2.75, 3.05) is 0 Å². The van der Waals surface area contributed by atoms with Gasteiger partial charge in [0.05, 0.1) is 11.5 Å². The summed E-state index contributed by atoms with van der Waals surface area (Å²) in [5.74, 6) is -0.0836. The van der Waals surface area contributed by atoms with Gasteiger partial charge in [-0.1, -0.05) is 73.5 Å². The summed E-state index contributed by atoms with van der Waals surface area (Å²) in [5.41, 5.74) is 0.129. The molecule has 3 rings (SSSR count). The first-order valence-electron chi connectivity index (χ1n) is 12.1. The number of likely N-dealkylation sites (tertiary alicyclic amines) is 1. The van der Waals surface area contributed by atoms with Crippen LogP contribution in [0.2, 0.25) is 10.0 Å². The van der Waals surface area contributed by atoms with Gasteiger partial charge in [0.2, 0.25) is 11.8 Å². The van der Waals surface area contributed by atoms with Gasteiger partial charge in [-0.3, -0.25) is 9.59 Å². The summed E-state index contributed by atoms with van der Waals surface area (Å²) >= 11 is 11.6. The first-order valence-corrected chi connectivity index (χ1v) is 12.9. The smallest absolute Gasteiger partial charge is 0.243 e. The second kappa shape index (κ2) is 12.6. The number of amides is 2. The number of hydrogen-bond acceptors (Lipinski definition) is 2. The molecule has 3 atom stereocenters. The zero-order chi connectivity index (χ0) is 26.2. The third-order valence-electron chi connectivity index (χ3n) is 6.16. The normalized spacial score (nSPS) is 20.9. The number of halogens is 2. The summed E-state index contributed by atoms with van der Waals surface area (Å²) in [6.45, 7) is 13.6. The number of allylic oxidation sites excluding steroid dienone is 1. The minimum absolute atomic E-state index is 0.0227. The summed E-state index contributed by atoms with van der Waals surface area (Å²) in [7, 11) is 0. The number of piperidine rings is 1. The average Bonchev–Trinajstić information content (AvgIpc) is 2.78. The first-order chi connectivity index (χ1) is 16.4. The highest BCUT2D eigenvalue weighted by atomic mass is 35.5. The molecule has 1 heterocycles. The fourth-order valence-corrected chi connectivity index (χ4v) is 4.68. The van der Waals surface area contributed by atoms with Gasteiger partial charge in [0.25, 0.3) is 0 Å². The van der Waals surface area contributed by atoms with Crippen LogP contribution in [0.4, 0.5) is 0 Å². The van der Waals surface area contributed by atoms with E-state index < -0.39 is 11.5 Å². The molecule has 2 aromatic carbocycles. The van der Waals surface area contributed by atoms with Crippen molar-refractivity contribution in [2.24, 2.45) is 5.41 Å². The average molecular weight is 518 g/mol. The van der Waals surface area contributed by atoms with Gasteiger partial charge < -0.3 is 10.2 Å². The Bertz CT molecular complexity index is 986. The first kappa shape index (κ1) is 28.9. The van der Waals surface area contributed by atoms with Gasteiger partial charge in [0, 0.05) is 15.6 Å². The van der Waals surface area contributed by atoms with E-state index in [0.717, 1.165) is 23.4 Å². The van der Waals surface area contributed by atoms with Crippen molar-refractivity contribution in [3.63, 3.8) is 0 Å². The molecule has 3 unspecified atom stereocenters. The Morgan fingerprint density at radius 2 is 1.71 bits per heavy atom. The van der Waals surface area contributed by atoms with E-state index in [4.69, 9.17) is 23.2 Å². The minimum atomic E-state index is -0.528. The number of rotatable bonds is 6. The molecule has 1 aliphatic rings. The Labute approximate surface area is 220 Å².